The number of halogens is 3. The van der Waals surface area contributed by atoms with Gasteiger partial charge in [0, 0.05) is 53.7 Å². The number of carbonyl (C=O) groups is 8. The first-order valence-electron chi connectivity index (χ1n) is 30.5. The molecule has 2 aromatic carbocycles. The Morgan fingerprint density at radius 1 is 0.898 bits per heavy atom. The number of pyridine rings is 2. The van der Waals surface area contributed by atoms with Gasteiger partial charge in [-0.2, -0.15) is 0 Å². The molecule has 4 aromatic rings. The van der Waals surface area contributed by atoms with E-state index in [4.69, 9.17) is 43.9 Å². The van der Waals surface area contributed by atoms with Crippen LogP contribution in [0.3, 0.4) is 0 Å². The Labute approximate surface area is 568 Å². The number of rotatable bonds is 13. The Morgan fingerprint density at radius 3 is 2.02 bits per heavy atom. The summed E-state index contributed by atoms with van der Waals surface area (Å²) in [7, 11) is 2.80. The molecule has 524 valence electrons. The van der Waals surface area contributed by atoms with Gasteiger partial charge in [0.15, 0.2) is 34.3 Å². The number of carboxylic acids is 1. The lowest BCUT2D eigenvalue weighted by Crippen LogP contribution is -2.71. The molecule has 0 saturated heterocycles. The summed E-state index contributed by atoms with van der Waals surface area (Å²) in [5.74, 6) is -14.4. The first kappa shape index (κ1) is 75.0. The van der Waals surface area contributed by atoms with Crippen LogP contribution in [0.2, 0.25) is 0 Å². The number of aliphatic hydroxyl groups excluding tert-OH is 6. The normalized spacial score (nSPS) is 31.6. The van der Waals surface area contributed by atoms with Gasteiger partial charge < -0.3 is 72.0 Å². The second-order valence-electron chi connectivity index (χ2n) is 25.9. The molecule has 4 saturated carbocycles. The Kier molecular flexibility index (Phi) is 21.6. The number of ether oxygens (including phenoxy) is 1. The van der Waals surface area contributed by atoms with E-state index in [9.17, 15) is 94.4 Å². The van der Waals surface area contributed by atoms with Crippen molar-refractivity contribution in [2.45, 2.75) is 111 Å². The number of amides is 2. The predicted molar refractivity (Wildman–Crippen MR) is 343 cm³/mol. The van der Waals surface area contributed by atoms with Crippen molar-refractivity contribution >= 4 is 81.5 Å². The number of carboxylic acid groups (broad SMARTS) is 1. The monoisotopic (exact) mass is 1400 g/mol. The highest BCUT2D eigenvalue weighted by Crippen LogP contribution is 2.71. The van der Waals surface area contributed by atoms with Crippen molar-refractivity contribution in [2.24, 2.45) is 46.2 Å². The average molecular weight is 1400 g/mol. The number of nitro groups is 1. The number of Topliss-reactive ketones (excluding diaryl/α,β-unsaturated/α-hetero) is 3. The summed E-state index contributed by atoms with van der Waals surface area (Å²) < 4.78 is 22.4. The van der Waals surface area contributed by atoms with E-state index in [1.165, 1.54) is 130 Å². The van der Waals surface area contributed by atoms with Crippen molar-refractivity contribution in [3.63, 3.8) is 0 Å². The number of fused-ring (bicyclic) bond motifs is 8. The van der Waals surface area contributed by atoms with Crippen LogP contribution >= 0.6 is 23.2 Å². The van der Waals surface area contributed by atoms with E-state index in [0.717, 1.165) is 0 Å². The molecule has 31 heteroatoms. The molecule has 7 aliphatic carbocycles. The number of carbonyl (C=O) groups excluding carboxylic acids is 7. The molecule has 14 N–H and O–H groups in total. The minimum Gasteiger partial charge on any atom is -0.508 e. The molecule has 98 heavy (non-hydrogen) atoms. The van der Waals surface area contributed by atoms with Crippen molar-refractivity contribution in [3.05, 3.63) is 170 Å². The summed E-state index contributed by atoms with van der Waals surface area (Å²) in [5.41, 5.74) is -6.61. The summed E-state index contributed by atoms with van der Waals surface area (Å²) in [6, 6.07) is 12.4. The molecule has 11 rings (SSSR count). The number of aromatic hydroxyl groups is 1. The molecule has 2 heterocycles. The van der Waals surface area contributed by atoms with Gasteiger partial charge in [-0.05, 0) is 131 Å². The number of likely N-dealkylation sites (N-methyl/N-ethyl adjacent to an activating group) is 1. The van der Waals surface area contributed by atoms with Gasteiger partial charge in [0.2, 0.25) is 11.6 Å². The maximum atomic E-state index is 17.2. The number of aliphatic hydroxyl groups is 9. The number of aromatic carboxylic acids is 1. The summed E-state index contributed by atoms with van der Waals surface area (Å²) >= 11 is 10.7. The predicted octanol–water partition coefficient (Wildman–Crippen LogP) is 3.44. The highest BCUT2D eigenvalue weighted by Gasteiger charge is 2.76. The number of hydrogen-bond donors (Lipinski definition) is 13. The number of nitrogens with two attached hydrogens (primary N) is 1. The lowest BCUT2D eigenvalue weighted by Gasteiger charge is -2.62. The minimum absolute atomic E-state index is 0.00664. The highest BCUT2D eigenvalue weighted by atomic mass is 35.5. The quantitative estimate of drug-likeness (QED) is 0.0300. The molecular formula is C67H73Cl2FN6O22. The van der Waals surface area contributed by atoms with Gasteiger partial charge >= 0.3 is 11.9 Å². The number of nitro benzene ring substituents is 1. The SMILES string of the molecule is CN(C)C1C(=O)C(C(N)=O)=C(O)C2(O)C(=O)C3=C(O)c4c(O)cccc4C(C)(O)C3C(O)C12.C[C@@H]1C[C@H]2[C@@H]3CCC4=CC(=O)C=C[C@]4(C)C3(F)[C@@H](O)C[C@]2(C)[C@@]1(O)C(=O)COC(=O)c1ccncc1.O=C(N[C@H](CO)[C@H](O)c1ccc([N+](=O)[O-])cc1)C(Cl)Cl.O=C(O)c1ccncc1. The number of benzene rings is 2. The minimum atomic E-state index is -3.02. The number of hydrogen-bond acceptors (Lipinski definition) is 24. The first-order chi connectivity index (χ1) is 45.8. The van der Waals surface area contributed by atoms with Gasteiger partial charge in [0.1, 0.15) is 34.5 Å². The number of phenols is 1. The molecule has 0 bridgehead atoms. The van der Waals surface area contributed by atoms with Crippen LogP contribution in [0.1, 0.15) is 96.9 Å². The van der Waals surface area contributed by atoms with Crippen LogP contribution in [0.15, 0.2) is 132 Å². The fraction of sp³-hybridized carbons (Fsp3) is 0.433. The van der Waals surface area contributed by atoms with E-state index >= 15 is 4.39 Å². The van der Waals surface area contributed by atoms with Crippen LogP contribution in [-0.2, 0) is 39.1 Å². The third kappa shape index (κ3) is 12.7. The second kappa shape index (κ2) is 28.2. The number of primary amides is 1. The first-order valence-corrected chi connectivity index (χ1v) is 31.4. The standard InChI is InChI=1S/C28H32FNO6.C22H24N2O9.C11H12Cl2N2O5.C6H5NO2/c1-16-12-21-20-5-4-18-13-19(31)6-9-25(18,2)27(20,29)22(32)14-26(21,3)28(16,35)23(33)15-36-24(34)17-7-10-30-11-8-17;1-21(32)7-5-4-6-8(25)9(7)15(26)10-12(21)17(28)13-14(24(2)3)16(27)11(20(23)31)19(30)22(13,33)18(10)29;12-10(13)11(18)14-8(5-16)9(17)6-1-3-7(4-2-6)15(19)20;8-6(9)5-1-3-7-4-2-5/h6-11,13,16,20-22,32,35H,4-5,12,14-15H2,1-3H3;4-6,12-14,17,25-26,28,30,32-33H,1-3H3,(H2,23,31);1-4,8-10,16-17H,5H2,(H,14,18);1-4H,(H,8,9)/t16-,20+,21+,22+,25+,26+,27?,28+;;8-,9-;/m1.1./s1. The topological polar surface area (TPSA) is 479 Å². The van der Waals surface area contributed by atoms with Gasteiger partial charge in [0.25, 0.3) is 17.5 Å². The highest BCUT2D eigenvalue weighted by molar-refractivity contribution is 6.53. The third-order valence-corrected chi connectivity index (χ3v) is 20.8. The Bertz CT molecular complexity index is 3990. The molecule has 4 fully saturated rings. The maximum Gasteiger partial charge on any atom is 0.338 e. The van der Waals surface area contributed by atoms with E-state index < -0.39 is 180 Å². The largest absolute Gasteiger partial charge is 0.508 e. The fourth-order valence-corrected chi connectivity index (χ4v) is 15.7. The van der Waals surface area contributed by atoms with Crippen LogP contribution in [0, 0.1) is 50.5 Å². The molecule has 2 aromatic heterocycles. The number of nitrogens with one attached hydrogen (secondary N) is 1. The molecule has 0 aliphatic heterocycles. The Morgan fingerprint density at radius 2 is 1.49 bits per heavy atom. The third-order valence-electron chi connectivity index (χ3n) is 20.4. The number of esters is 1. The summed E-state index contributed by atoms with van der Waals surface area (Å²) in [4.78, 5) is 115. The van der Waals surface area contributed by atoms with Gasteiger partial charge in [-0.15, -0.1) is 0 Å². The zero-order valence-corrected chi connectivity index (χ0v) is 54.9. The van der Waals surface area contributed by atoms with Gasteiger partial charge in [0.05, 0.1) is 75.5 Å². The van der Waals surface area contributed by atoms with E-state index in [1.807, 2.05) is 0 Å². The van der Waals surface area contributed by atoms with Crippen LogP contribution in [0.4, 0.5) is 10.1 Å². The van der Waals surface area contributed by atoms with Crippen LogP contribution < -0.4 is 11.1 Å². The summed E-state index contributed by atoms with van der Waals surface area (Å²) in [5, 5.41) is 130. The summed E-state index contributed by atoms with van der Waals surface area (Å²) in [6.07, 6.45) is 6.80. The number of allylic oxidation sites excluding steroid dienone is 4. The smallest absolute Gasteiger partial charge is 0.338 e. The van der Waals surface area contributed by atoms with Crippen LogP contribution in [0.25, 0.3) is 5.76 Å². The van der Waals surface area contributed by atoms with Crippen molar-refractivity contribution in [3.8, 4) is 5.75 Å². The zero-order valence-electron chi connectivity index (χ0n) is 53.4. The van der Waals surface area contributed by atoms with E-state index in [2.05, 4.69) is 15.3 Å². The number of phenolic OH excluding ortho intramolecular Hbond substituents is 1. The van der Waals surface area contributed by atoms with Crippen LogP contribution in [-0.4, -0.2) is 196 Å². The van der Waals surface area contributed by atoms with Crippen molar-refractivity contribution < 1.29 is 109 Å². The van der Waals surface area contributed by atoms with Gasteiger partial charge in [-0.25, -0.2) is 14.0 Å². The molecule has 28 nitrogen and oxygen atoms in total. The molecule has 0 spiro atoms. The summed E-state index contributed by atoms with van der Waals surface area (Å²) in [6.45, 7) is 5.32. The molecule has 7 unspecified atom stereocenters. The van der Waals surface area contributed by atoms with E-state index in [0.29, 0.717) is 30.4 Å². The average Bonchev–Trinajstić information content (AvgIpc) is 1.25. The Balaban J connectivity index is 0.000000182. The molecule has 0 radical (unpaired) electrons. The second-order valence-corrected chi connectivity index (χ2v) is 27.0. The van der Waals surface area contributed by atoms with E-state index in [-0.39, 0.29) is 46.1 Å². The molecule has 16 atom stereocenters. The number of ketones is 4. The number of non-ortho nitro benzene ring substituents is 1. The van der Waals surface area contributed by atoms with Crippen molar-refractivity contribution in [1.29, 1.82) is 0 Å². The van der Waals surface area contributed by atoms with Gasteiger partial charge in [-0.3, -0.25) is 53.7 Å². The molecular weight excluding hydrogens is 1330 g/mol. The molecule has 2 amide bonds. The lowest BCUT2D eigenvalue weighted by molar-refractivity contribution is -0.384. The number of alkyl halides is 3. The number of aromatic nitrogens is 2. The fourth-order valence-electron chi connectivity index (χ4n) is 15.5. The van der Waals surface area contributed by atoms with E-state index in [1.54, 1.807) is 26.8 Å². The lowest BCUT2D eigenvalue weighted by atomic mass is 9.44. The van der Waals surface area contributed by atoms with Crippen molar-refractivity contribution in [2.75, 3.05) is 27.3 Å². The molecule has 7 aliphatic rings. The van der Waals surface area contributed by atoms with Crippen LogP contribution in [0.5, 0.6) is 5.75 Å². The maximum absolute atomic E-state index is 17.2. The van der Waals surface area contributed by atoms with Gasteiger partial charge in [-0.1, -0.05) is 60.8 Å². The van der Waals surface area contributed by atoms with Crippen molar-refractivity contribution in [1.82, 2.24) is 20.2 Å². The zero-order chi connectivity index (χ0) is 72.9. The Hall–Kier alpha value is -8.75. The number of nitrogens with zero attached hydrogens (tertiary/aromatic N) is 4.